The van der Waals surface area contributed by atoms with Gasteiger partial charge < -0.3 is 15.0 Å². The molecular formula is C13H17BrN2O2. The zero-order valence-corrected chi connectivity index (χ0v) is 12.0. The van der Waals surface area contributed by atoms with Gasteiger partial charge >= 0.3 is 0 Å². The van der Waals surface area contributed by atoms with E-state index in [4.69, 9.17) is 4.74 Å². The number of hydrogen-bond donors (Lipinski definition) is 1. The lowest BCUT2D eigenvalue weighted by molar-refractivity contribution is 0.0957. The Hall–Kier alpha value is -1.49. The minimum Gasteiger partial charge on any atom is -0.494 e. The third kappa shape index (κ3) is 3.77. The first-order chi connectivity index (χ1) is 8.29. The van der Waals surface area contributed by atoms with Crippen molar-refractivity contribution in [3.8, 4) is 5.75 Å². The van der Waals surface area contributed by atoms with Crippen LogP contribution in [-0.2, 0) is 0 Å². The van der Waals surface area contributed by atoms with Gasteiger partial charge in [0.25, 0.3) is 0 Å². The van der Waals surface area contributed by atoms with E-state index in [1.54, 1.807) is 6.07 Å². The summed E-state index contributed by atoms with van der Waals surface area (Å²) in [4.78, 5) is 13.9. The number of nitrogens with one attached hydrogen (secondary N) is 1. The molecule has 0 saturated carbocycles. The Morgan fingerprint density at radius 2 is 2.33 bits per heavy atom. The summed E-state index contributed by atoms with van der Waals surface area (Å²) in [6.45, 7) is 3.61. The van der Waals surface area contributed by atoms with E-state index >= 15 is 0 Å². The number of carbonyl (C=O) groups excluding carboxylic acids is 1. The summed E-state index contributed by atoms with van der Waals surface area (Å²) in [5.74, 6) is 0.841. The first kappa shape index (κ1) is 14.6. The number of halogens is 1. The minimum atomic E-state index is 0. The molecule has 98 valence electrons. The maximum atomic E-state index is 12.0. The van der Waals surface area contributed by atoms with Crippen molar-refractivity contribution in [2.45, 2.75) is 6.92 Å². The average Bonchev–Trinajstić information content (AvgIpc) is 2.83. The molecule has 18 heavy (non-hydrogen) atoms. The van der Waals surface area contributed by atoms with Crippen molar-refractivity contribution in [3.63, 3.8) is 0 Å². The Kier molecular flexibility index (Phi) is 5.71. The van der Waals surface area contributed by atoms with E-state index in [9.17, 15) is 4.79 Å². The highest BCUT2D eigenvalue weighted by Crippen LogP contribution is 2.14. The van der Waals surface area contributed by atoms with Crippen molar-refractivity contribution in [1.29, 1.82) is 0 Å². The Morgan fingerprint density at radius 1 is 1.50 bits per heavy atom. The Morgan fingerprint density at radius 3 is 3.00 bits per heavy atom. The molecule has 0 spiro atoms. The normalized spacial score (nSPS) is 12.8. The molecule has 0 saturated heterocycles. The van der Waals surface area contributed by atoms with Gasteiger partial charge in [-0.25, -0.2) is 0 Å². The van der Waals surface area contributed by atoms with Gasteiger partial charge in [0.1, 0.15) is 5.75 Å². The van der Waals surface area contributed by atoms with Gasteiger partial charge in [-0.15, -0.1) is 17.0 Å². The lowest BCUT2D eigenvalue weighted by Crippen LogP contribution is -2.27. The van der Waals surface area contributed by atoms with Crippen molar-refractivity contribution in [3.05, 3.63) is 42.2 Å². The summed E-state index contributed by atoms with van der Waals surface area (Å²) in [6.07, 6.45) is 3.72. The SMILES string of the molecule is Br.CCOc1cccc(C(=O)CN2C=CNC2)c1. The molecule has 1 aromatic rings. The van der Waals surface area contributed by atoms with E-state index in [2.05, 4.69) is 5.32 Å². The second-order valence-corrected chi connectivity index (χ2v) is 3.81. The maximum Gasteiger partial charge on any atom is 0.182 e. The molecule has 1 aliphatic heterocycles. The van der Waals surface area contributed by atoms with Gasteiger partial charge in [-0.2, -0.15) is 0 Å². The van der Waals surface area contributed by atoms with E-state index in [1.807, 2.05) is 42.4 Å². The number of benzene rings is 1. The van der Waals surface area contributed by atoms with Gasteiger partial charge in [0, 0.05) is 18.0 Å². The number of nitrogens with zero attached hydrogens (tertiary/aromatic N) is 1. The highest BCUT2D eigenvalue weighted by atomic mass is 79.9. The van der Waals surface area contributed by atoms with Gasteiger partial charge in [-0.1, -0.05) is 12.1 Å². The second kappa shape index (κ2) is 7.06. The van der Waals surface area contributed by atoms with Crippen LogP contribution in [0.2, 0.25) is 0 Å². The lowest BCUT2D eigenvalue weighted by atomic mass is 10.1. The van der Waals surface area contributed by atoms with Crippen LogP contribution < -0.4 is 10.1 Å². The van der Waals surface area contributed by atoms with Crippen LogP contribution in [0.1, 0.15) is 17.3 Å². The molecule has 0 radical (unpaired) electrons. The van der Waals surface area contributed by atoms with Crippen molar-refractivity contribution in [2.24, 2.45) is 0 Å². The summed E-state index contributed by atoms with van der Waals surface area (Å²) < 4.78 is 5.37. The fraction of sp³-hybridized carbons (Fsp3) is 0.308. The standard InChI is InChI=1S/C13H16N2O2.BrH/c1-2-17-12-5-3-4-11(8-12)13(16)9-15-7-6-14-10-15;/h3-8,14H,2,9-10H2,1H3;1H. The predicted octanol–water partition coefficient (Wildman–Crippen LogP) is 2.18. The van der Waals surface area contributed by atoms with Crippen LogP contribution in [0.25, 0.3) is 0 Å². The predicted molar refractivity (Wildman–Crippen MR) is 76.1 cm³/mol. The van der Waals surface area contributed by atoms with Gasteiger partial charge in [0.05, 0.1) is 19.8 Å². The number of ketones is 1. The first-order valence-electron chi connectivity index (χ1n) is 5.70. The van der Waals surface area contributed by atoms with Gasteiger partial charge in [0.15, 0.2) is 5.78 Å². The number of carbonyl (C=O) groups is 1. The van der Waals surface area contributed by atoms with E-state index in [0.29, 0.717) is 25.4 Å². The molecule has 0 atom stereocenters. The second-order valence-electron chi connectivity index (χ2n) is 3.81. The molecule has 0 aromatic heterocycles. The Labute approximate surface area is 117 Å². The van der Waals surface area contributed by atoms with Crippen LogP contribution in [0.4, 0.5) is 0 Å². The zero-order chi connectivity index (χ0) is 12.1. The monoisotopic (exact) mass is 312 g/mol. The zero-order valence-electron chi connectivity index (χ0n) is 10.3. The van der Waals surface area contributed by atoms with Crippen LogP contribution in [-0.4, -0.2) is 30.5 Å². The van der Waals surface area contributed by atoms with E-state index < -0.39 is 0 Å². The molecule has 1 aromatic carbocycles. The molecule has 0 aliphatic carbocycles. The Bertz CT molecular complexity index is 435. The average molecular weight is 313 g/mol. The minimum absolute atomic E-state index is 0. The summed E-state index contributed by atoms with van der Waals surface area (Å²) in [6, 6.07) is 7.31. The fourth-order valence-electron chi connectivity index (χ4n) is 1.69. The largest absolute Gasteiger partial charge is 0.494 e. The van der Waals surface area contributed by atoms with E-state index in [0.717, 1.165) is 5.75 Å². The highest BCUT2D eigenvalue weighted by molar-refractivity contribution is 8.93. The molecular weight excluding hydrogens is 296 g/mol. The Balaban J connectivity index is 0.00000162. The van der Waals surface area contributed by atoms with Crippen LogP contribution in [0.15, 0.2) is 36.7 Å². The number of rotatable bonds is 5. The third-order valence-electron chi connectivity index (χ3n) is 2.51. The molecule has 4 nitrogen and oxygen atoms in total. The van der Waals surface area contributed by atoms with Crippen molar-refractivity contribution in [1.82, 2.24) is 10.2 Å². The van der Waals surface area contributed by atoms with Crippen LogP contribution in [0.3, 0.4) is 0 Å². The molecule has 0 bridgehead atoms. The van der Waals surface area contributed by atoms with E-state index in [-0.39, 0.29) is 22.8 Å². The van der Waals surface area contributed by atoms with Crippen molar-refractivity contribution < 1.29 is 9.53 Å². The van der Waals surface area contributed by atoms with Gasteiger partial charge in [-0.05, 0) is 19.1 Å². The van der Waals surface area contributed by atoms with Crippen molar-refractivity contribution in [2.75, 3.05) is 19.8 Å². The number of ether oxygens (including phenoxy) is 1. The number of hydrogen-bond acceptors (Lipinski definition) is 4. The first-order valence-corrected chi connectivity index (χ1v) is 5.70. The fourth-order valence-corrected chi connectivity index (χ4v) is 1.69. The topological polar surface area (TPSA) is 41.6 Å². The van der Waals surface area contributed by atoms with E-state index in [1.165, 1.54) is 0 Å². The van der Waals surface area contributed by atoms with Crippen LogP contribution in [0.5, 0.6) is 5.75 Å². The van der Waals surface area contributed by atoms with Gasteiger partial charge in [-0.3, -0.25) is 4.79 Å². The molecule has 1 heterocycles. The summed E-state index contributed by atoms with van der Waals surface area (Å²) in [5, 5.41) is 3.03. The maximum absolute atomic E-state index is 12.0. The smallest absolute Gasteiger partial charge is 0.182 e. The molecule has 0 unspecified atom stereocenters. The number of Topliss-reactive ketones (excluding diaryl/α,β-unsaturated/α-hetero) is 1. The quantitative estimate of drug-likeness (QED) is 0.846. The van der Waals surface area contributed by atoms with Gasteiger partial charge in [0.2, 0.25) is 0 Å². The summed E-state index contributed by atoms with van der Waals surface area (Å²) >= 11 is 0. The summed E-state index contributed by atoms with van der Waals surface area (Å²) in [7, 11) is 0. The molecule has 5 heteroatoms. The molecule has 0 amide bonds. The molecule has 1 N–H and O–H groups in total. The molecule has 1 aliphatic rings. The molecule has 2 rings (SSSR count). The molecule has 0 fully saturated rings. The summed E-state index contributed by atoms with van der Waals surface area (Å²) in [5.41, 5.74) is 0.691. The lowest BCUT2D eigenvalue weighted by Gasteiger charge is -2.13. The third-order valence-corrected chi connectivity index (χ3v) is 2.51. The van der Waals surface area contributed by atoms with Crippen LogP contribution in [0, 0.1) is 0 Å². The van der Waals surface area contributed by atoms with Crippen molar-refractivity contribution >= 4 is 22.8 Å². The van der Waals surface area contributed by atoms with Crippen LogP contribution >= 0.6 is 17.0 Å². The highest BCUT2D eigenvalue weighted by Gasteiger charge is 2.12.